The molecule has 1 aliphatic rings. The van der Waals surface area contributed by atoms with E-state index in [9.17, 15) is 18.0 Å². The highest BCUT2D eigenvalue weighted by molar-refractivity contribution is 7.89. The van der Waals surface area contributed by atoms with Crippen molar-refractivity contribution in [3.63, 3.8) is 0 Å². The number of sulfonamides is 1. The Morgan fingerprint density at radius 2 is 1.73 bits per heavy atom. The standard InChI is InChI=1S/C21H24N4O4S/c1-16(26)23-19-10-8-17(9-11-19)15-22-24-21(27)18-6-5-7-20(14-18)30(28,29)25-12-3-2-4-13-25/h5-11,14-15H,2-4,12-13H2,1H3,(H,23,26)(H,24,27)/b22-15-. The van der Waals surface area contributed by atoms with Crippen molar-refractivity contribution >= 4 is 33.7 Å². The highest BCUT2D eigenvalue weighted by Crippen LogP contribution is 2.21. The fourth-order valence-electron chi connectivity index (χ4n) is 3.14. The minimum Gasteiger partial charge on any atom is -0.326 e. The van der Waals surface area contributed by atoms with Crippen LogP contribution < -0.4 is 10.7 Å². The van der Waals surface area contributed by atoms with Crippen LogP contribution >= 0.6 is 0 Å². The maximum absolute atomic E-state index is 12.8. The third-order valence-electron chi connectivity index (χ3n) is 4.66. The fraction of sp³-hybridized carbons (Fsp3) is 0.286. The lowest BCUT2D eigenvalue weighted by molar-refractivity contribution is -0.114. The minimum absolute atomic E-state index is 0.106. The third kappa shape index (κ3) is 5.52. The maximum atomic E-state index is 12.8. The summed E-state index contributed by atoms with van der Waals surface area (Å²) < 4.78 is 27.1. The van der Waals surface area contributed by atoms with Gasteiger partial charge in [-0.15, -0.1) is 0 Å². The highest BCUT2D eigenvalue weighted by atomic mass is 32.2. The van der Waals surface area contributed by atoms with Gasteiger partial charge in [-0.2, -0.15) is 9.41 Å². The molecule has 1 fully saturated rings. The number of anilines is 1. The Balaban J connectivity index is 1.65. The van der Waals surface area contributed by atoms with Crippen molar-refractivity contribution in [2.24, 2.45) is 5.10 Å². The topological polar surface area (TPSA) is 108 Å². The molecule has 1 aliphatic heterocycles. The van der Waals surface area contributed by atoms with Crippen molar-refractivity contribution in [3.8, 4) is 0 Å². The lowest BCUT2D eigenvalue weighted by atomic mass is 10.2. The molecule has 30 heavy (non-hydrogen) atoms. The van der Waals surface area contributed by atoms with Crippen molar-refractivity contribution in [2.45, 2.75) is 31.1 Å². The van der Waals surface area contributed by atoms with Crippen molar-refractivity contribution in [2.75, 3.05) is 18.4 Å². The van der Waals surface area contributed by atoms with Crippen LogP contribution in [0.1, 0.15) is 42.1 Å². The second kappa shape index (κ2) is 9.64. The molecule has 0 radical (unpaired) electrons. The lowest BCUT2D eigenvalue weighted by Crippen LogP contribution is -2.35. The Bertz CT molecular complexity index is 1040. The average Bonchev–Trinajstić information content (AvgIpc) is 2.75. The van der Waals surface area contributed by atoms with E-state index in [0.29, 0.717) is 18.8 Å². The van der Waals surface area contributed by atoms with E-state index < -0.39 is 15.9 Å². The summed E-state index contributed by atoms with van der Waals surface area (Å²) in [4.78, 5) is 23.5. The van der Waals surface area contributed by atoms with Gasteiger partial charge in [-0.1, -0.05) is 24.6 Å². The maximum Gasteiger partial charge on any atom is 0.271 e. The van der Waals surface area contributed by atoms with Gasteiger partial charge in [0.05, 0.1) is 11.1 Å². The molecule has 0 saturated carbocycles. The smallest absolute Gasteiger partial charge is 0.271 e. The first-order chi connectivity index (χ1) is 14.4. The molecule has 2 aromatic rings. The van der Waals surface area contributed by atoms with E-state index in [-0.39, 0.29) is 16.4 Å². The number of hydrogen-bond acceptors (Lipinski definition) is 5. The molecule has 2 amide bonds. The van der Waals surface area contributed by atoms with E-state index >= 15 is 0 Å². The first-order valence-corrected chi connectivity index (χ1v) is 11.1. The molecule has 2 aromatic carbocycles. The van der Waals surface area contributed by atoms with E-state index in [1.165, 1.54) is 29.6 Å². The average molecular weight is 429 g/mol. The number of hydrazone groups is 1. The van der Waals surface area contributed by atoms with E-state index in [1.54, 1.807) is 36.4 Å². The Hall–Kier alpha value is -3.04. The van der Waals surface area contributed by atoms with Crippen LogP contribution in [0, 0.1) is 0 Å². The van der Waals surface area contributed by atoms with Gasteiger partial charge in [-0.25, -0.2) is 13.8 Å². The van der Waals surface area contributed by atoms with Gasteiger partial charge in [-0.05, 0) is 48.7 Å². The van der Waals surface area contributed by atoms with Crippen molar-refractivity contribution in [1.82, 2.24) is 9.73 Å². The Morgan fingerprint density at radius 3 is 2.40 bits per heavy atom. The molecule has 1 heterocycles. The van der Waals surface area contributed by atoms with E-state index in [4.69, 9.17) is 0 Å². The molecule has 1 saturated heterocycles. The van der Waals surface area contributed by atoms with Crippen LogP contribution in [0.15, 0.2) is 58.5 Å². The van der Waals surface area contributed by atoms with Gasteiger partial charge in [-0.3, -0.25) is 9.59 Å². The summed E-state index contributed by atoms with van der Waals surface area (Å²) in [6.07, 6.45) is 4.19. The van der Waals surface area contributed by atoms with Crippen LogP contribution in [-0.4, -0.2) is 43.8 Å². The third-order valence-corrected chi connectivity index (χ3v) is 6.55. The van der Waals surface area contributed by atoms with E-state index in [2.05, 4.69) is 15.8 Å². The monoisotopic (exact) mass is 428 g/mol. The number of benzene rings is 2. The number of hydrogen-bond donors (Lipinski definition) is 2. The zero-order valence-electron chi connectivity index (χ0n) is 16.7. The van der Waals surface area contributed by atoms with Gasteiger partial charge in [0.25, 0.3) is 5.91 Å². The van der Waals surface area contributed by atoms with Crippen LogP contribution in [0.3, 0.4) is 0 Å². The van der Waals surface area contributed by atoms with Gasteiger partial charge in [0.1, 0.15) is 0 Å². The lowest BCUT2D eigenvalue weighted by Gasteiger charge is -2.25. The number of carbonyl (C=O) groups excluding carboxylic acids is 2. The molecule has 0 unspecified atom stereocenters. The predicted molar refractivity (Wildman–Crippen MR) is 115 cm³/mol. The molecule has 0 spiro atoms. The SMILES string of the molecule is CC(=O)Nc1ccc(/C=N\NC(=O)c2cccc(S(=O)(=O)N3CCCCC3)c2)cc1. The van der Waals surface area contributed by atoms with E-state index in [1.807, 2.05) is 0 Å². The molecule has 3 rings (SSSR count). The van der Waals surface area contributed by atoms with Gasteiger partial charge >= 0.3 is 0 Å². The van der Waals surface area contributed by atoms with Crippen LogP contribution in [-0.2, 0) is 14.8 Å². The number of nitrogens with zero attached hydrogens (tertiary/aromatic N) is 2. The molecule has 8 nitrogen and oxygen atoms in total. The minimum atomic E-state index is -3.61. The Kier molecular flexibility index (Phi) is 6.96. The van der Waals surface area contributed by atoms with Gasteiger partial charge in [0.15, 0.2) is 0 Å². The molecule has 2 N–H and O–H groups in total. The molecular formula is C21H24N4O4S. The second-order valence-corrected chi connectivity index (χ2v) is 8.93. The van der Waals surface area contributed by atoms with Gasteiger partial charge in [0.2, 0.25) is 15.9 Å². The van der Waals surface area contributed by atoms with Gasteiger partial charge in [0, 0.05) is 31.3 Å². The molecular weight excluding hydrogens is 404 g/mol. The first kappa shape index (κ1) is 21.7. The van der Waals surface area contributed by atoms with Crippen molar-refractivity contribution in [1.29, 1.82) is 0 Å². The zero-order chi connectivity index (χ0) is 21.6. The molecule has 9 heteroatoms. The normalized spacial score (nSPS) is 15.1. The second-order valence-electron chi connectivity index (χ2n) is 6.99. The summed E-state index contributed by atoms with van der Waals surface area (Å²) in [5.41, 5.74) is 4.01. The largest absolute Gasteiger partial charge is 0.326 e. The zero-order valence-corrected chi connectivity index (χ0v) is 17.5. The molecule has 0 bridgehead atoms. The van der Waals surface area contributed by atoms with Crippen LogP contribution in [0.2, 0.25) is 0 Å². The number of carbonyl (C=O) groups is 2. The molecule has 0 atom stereocenters. The number of rotatable bonds is 6. The fourth-order valence-corrected chi connectivity index (χ4v) is 4.70. The molecule has 158 valence electrons. The van der Waals surface area contributed by atoms with Crippen molar-refractivity contribution < 1.29 is 18.0 Å². The van der Waals surface area contributed by atoms with Crippen LogP contribution in [0.25, 0.3) is 0 Å². The van der Waals surface area contributed by atoms with Crippen molar-refractivity contribution in [3.05, 3.63) is 59.7 Å². The molecule has 0 aromatic heterocycles. The Labute approximate surface area is 176 Å². The quantitative estimate of drug-likeness (QED) is 0.544. The summed E-state index contributed by atoms with van der Waals surface area (Å²) in [5.74, 6) is -0.662. The number of piperidine rings is 1. The van der Waals surface area contributed by atoms with E-state index in [0.717, 1.165) is 24.8 Å². The summed E-state index contributed by atoms with van der Waals surface area (Å²) in [6.45, 7) is 2.44. The first-order valence-electron chi connectivity index (χ1n) is 9.67. The van der Waals surface area contributed by atoms with Crippen LogP contribution in [0.4, 0.5) is 5.69 Å². The van der Waals surface area contributed by atoms with Gasteiger partial charge < -0.3 is 5.32 Å². The number of amides is 2. The summed E-state index contributed by atoms with van der Waals surface area (Å²) in [7, 11) is -3.61. The summed E-state index contributed by atoms with van der Waals surface area (Å²) in [5, 5.41) is 6.58. The summed E-state index contributed by atoms with van der Waals surface area (Å²) >= 11 is 0. The predicted octanol–water partition coefficient (Wildman–Crippen LogP) is 2.58. The molecule has 0 aliphatic carbocycles. The highest BCUT2D eigenvalue weighted by Gasteiger charge is 2.26. The number of nitrogens with one attached hydrogen (secondary N) is 2. The summed E-state index contributed by atoms with van der Waals surface area (Å²) in [6, 6.07) is 12.9. The van der Waals surface area contributed by atoms with Crippen LogP contribution in [0.5, 0.6) is 0 Å². The Morgan fingerprint density at radius 1 is 1.03 bits per heavy atom.